The number of aryl methyl sites for hydroxylation is 1. The maximum atomic E-state index is 12.5. The number of H-pyrrole nitrogens is 1. The van der Waals surface area contributed by atoms with E-state index in [0.29, 0.717) is 11.6 Å². The molecular weight excluding hydrogens is 316 g/mol. The van der Waals surface area contributed by atoms with Gasteiger partial charge >= 0.3 is 0 Å². The minimum absolute atomic E-state index is 0.0189. The van der Waals surface area contributed by atoms with Crippen LogP contribution in [-0.2, 0) is 17.6 Å². The van der Waals surface area contributed by atoms with Crippen LogP contribution in [0.1, 0.15) is 17.7 Å². The van der Waals surface area contributed by atoms with Crippen molar-refractivity contribution in [3.63, 3.8) is 0 Å². The molecule has 0 bridgehead atoms. The number of nitrogens with zero attached hydrogens (tertiary/aromatic N) is 2. The Kier molecular flexibility index (Phi) is 4.16. The lowest BCUT2D eigenvalue weighted by Crippen LogP contribution is -2.27. The van der Waals surface area contributed by atoms with Gasteiger partial charge in [0.1, 0.15) is 5.75 Å². The molecule has 0 fully saturated rings. The third-order valence-electron chi connectivity index (χ3n) is 4.36. The number of anilines is 1. The molecule has 1 aromatic carbocycles. The molecule has 0 spiro atoms. The van der Waals surface area contributed by atoms with Gasteiger partial charge in [0.25, 0.3) is 0 Å². The molecule has 0 unspecified atom stereocenters. The van der Waals surface area contributed by atoms with Gasteiger partial charge in [-0.05, 0) is 43.0 Å². The van der Waals surface area contributed by atoms with E-state index in [0.717, 1.165) is 36.3 Å². The molecule has 1 aliphatic carbocycles. The number of hydrogen-bond donors (Lipinski definition) is 2. The number of para-hydroxylation sites is 1. The predicted octanol–water partition coefficient (Wildman–Crippen LogP) is 3.34. The Morgan fingerprint density at radius 3 is 2.84 bits per heavy atom. The standard InChI is InChI=1S/C19H18N4O2/c24-19(13-6-8-17-14(10-13)11-21-23-17)22-15-7-9-18(20-12-15)25-16-4-2-1-3-5-16/h1-5,7,9,11-13H,6,8,10H2,(H,21,23)(H,22,24)/t13-/m0/s1. The second-order valence-corrected chi connectivity index (χ2v) is 6.10. The second-order valence-electron chi connectivity index (χ2n) is 6.10. The average Bonchev–Trinajstić information content (AvgIpc) is 3.12. The van der Waals surface area contributed by atoms with Crippen molar-refractivity contribution in [3.8, 4) is 11.6 Å². The maximum absolute atomic E-state index is 12.5. The lowest BCUT2D eigenvalue weighted by molar-refractivity contribution is -0.120. The van der Waals surface area contributed by atoms with E-state index in [9.17, 15) is 4.79 Å². The summed E-state index contributed by atoms with van der Waals surface area (Å²) in [5.41, 5.74) is 2.95. The molecule has 0 saturated heterocycles. The van der Waals surface area contributed by atoms with Gasteiger partial charge in [0.2, 0.25) is 11.8 Å². The van der Waals surface area contributed by atoms with Crippen LogP contribution >= 0.6 is 0 Å². The molecule has 25 heavy (non-hydrogen) atoms. The number of carbonyl (C=O) groups excluding carboxylic acids is 1. The van der Waals surface area contributed by atoms with Gasteiger partial charge in [0.15, 0.2) is 0 Å². The summed E-state index contributed by atoms with van der Waals surface area (Å²) in [5, 5.41) is 9.97. The summed E-state index contributed by atoms with van der Waals surface area (Å²) in [6.07, 6.45) is 5.83. The molecule has 2 N–H and O–H groups in total. The van der Waals surface area contributed by atoms with Gasteiger partial charge in [-0.1, -0.05) is 18.2 Å². The van der Waals surface area contributed by atoms with E-state index in [1.807, 2.05) is 36.5 Å². The summed E-state index contributed by atoms with van der Waals surface area (Å²) in [6, 6.07) is 13.0. The fourth-order valence-corrected chi connectivity index (χ4v) is 3.01. The van der Waals surface area contributed by atoms with Gasteiger partial charge in [0.05, 0.1) is 18.1 Å². The van der Waals surface area contributed by atoms with E-state index in [2.05, 4.69) is 20.5 Å². The minimum Gasteiger partial charge on any atom is -0.439 e. The first-order chi connectivity index (χ1) is 12.3. The Balaban J connectivity index is 1.37. The zero-order valence-electron chi connectivity index (χ0n) is 13.6. The summed E-state index contributed by atoms with van der Waals surface area (Å²) < 4.78 is 5.65. The van der Waals surface area contributed by atoms with E-state index >= 15 is 0 Å². The Labute approximate surface area is 145 Å². The second kappa shape index (κ2) is 6.76. The lowest BCUT2D eigenvalue weighted by atomic mass is 9.87. The number of hydrogen-bond acceptors (Lipinski definition) is 4. The molecule has 2 aromatic heterocycles. The van der Waals surface area contributed by atoms with Crippen molar-refractivity contribution in [3.05, 3.63) is 66.1 Å². The largest absolute Gasteiger partial charge is 0.439 e. The summed E-state index contributed by atoms with van der Waals surface area (Å²) in [7, 11) is 0. The van der Waals surface area contributed by atoms with Gasteiger partial charge < -0.3 is 10.1 Å². The Bertz CT molecular complexity index is 859. The first-order valence-corrected chi connectivity index (χ1v) is 8.29. The minimum atomic E-state index is -0.0367. The van der Waals surface area contributed by atoms with Crippen molar-refractivity contribution < 1.29 is 9.53 Å². The van der Waals surface area contributed by atoms with Crippen molar-refractivity contribution in [1.29, 1.82) is 0 Å². The van der Waals surface area contributed by atoms with Crippen LogP contribution in [0, 0.1) is 5.92 Å². The number of ether oxygens (including phenoxy) is 1. The number of amides is 1. The van der Waals surface area contributed by atoms with E-state index in [-0.39, 0.29) is 11.8 Å². The highest BCUT2D eigenvalue weighted by Crippen LogP contribution is 2.25. The van der Waals surface area contributed by atoms with Crippen molar-refractivity contribution in [2.75, 3.05) is 5.32 Å². The highest BCUT2D eigenvalue weighted by Gasteiger charge is 2.25. The lowest BCUT2D eigenvalue weighted by Gasteiger charge is -2.20. The Hall–Kier alpha value is -3.15. The number of rotatable bonds is 4. The monoisotopic (exact) mass is 334 g/mol. The molecule has 1 aliphatic rings. The summed E-state index contributed by atoms with van der Waals surface area (Å²) in [6.45, 7) is 0. The van der Waals surface area contributed by atoms with E-state index in [1.165, 1.54) is 0 Å². The summed E-state index contributed by atoms with van der Waals surface area (Å²) >= 11 is 0. The van der Waals surface area contributed by atoms with Crippen LogP contribution in [-0.4, -0.2) is 21.1 Å². The highest BCUT2D eigenvalue weighted by atomic mass is 16.5. The van der Waals surface area contributed by atoms with Gasteiger partial charge in [-0.25, -0.2) is 4.98 Å². The average molecular weight is 334 g/mol. The third kappa shape index (κ3) is 3.52. The van der Waals surface area contributed by atoms with Gasteiger partial charge in [-0.15, -0.1) is 0 Å². The molecule has 3 aromatic rings. The molecule has 1 amide bonds. The number of benzene rings is 1. The molecule has 0 radical (unpaired) electrons. The Morgan fingerprint density at radius 2 is 2.04 bits per heavy atom. The van der Waals surface area contributed by atoms with Crippen LogP contribution in [0.15, 0.2) is 54.9 Å². The summed E-state index contributed by atoms with van der Waals surface area (Å²) in [5.74, 6) is 1.20. The van der Waals surface area contributed by atoms with Gasteiger partial charge in [0, 0.05) is 17.7 Å². The van der Waals surface area contributed by atoms with E-state index in [1.54, 1.807) is 18.3 Å². The van der Waals surface area contributed by atoms with Crippen molar-refractivity contribution in [2.45, 2.75) is 19.3 Å². The third-order valence-corrected chi connectivity index (χ3v) is 4.36. The molecule has 0 aliphatic heterocycles. The molecule has 0 saturated carbocycles. The molecule has 1 atom stereocenters. The molecular formula is C19H18N4O2. The summed E-state index contributed by atoms with van der Waals surface area (Å²) in [4.78, 5) is 16.7. The van der Waals surface area contributed by atoms with Crippen LogP contribution in [0.4, 0.5) is 5.69 Å². The molecule has 2 heterocycles. The zero-order chi connectivity index (χ0) is 17.1. The van der Waals surface area contributed by atoms with Crippen LogP contribution in [0.5, 0.6) is 11.6 Å². The number of nitrogens with one attached hydrogen (secondary N) is 2. The van der Waals surface area contributed by atoms with Crippen LogP contribution in [0.2, 0.25) is 0 Å². The number of fused-ring (bicyclic) bond motifs is 1. The topological polar surface area (TPSA) is 79.9 Å². The van der Waals surface area contributed by atoms with Crippen molar-refractivity contribution >= 4 is 11.6 Å². The van der Waals surface area contributed by atoms with Gasteiger partial charge in [-0.3, -0.25) is 9.89 Å². The number of aromatic amines is 1. The fourth-order valence-electron chi connectivity index (χ4n) is 3.01. The Morgan fingerprint density at radius 1 is 1.16 bits per heavy atom. The van der Waals surface area contributed by atoms with Crippen LogP contribution in [0.25, 0.3) is 0 Å². The number of pyridine rings is 1. The van der Waals surface area contributed by atoms with Gasteiger partial charge in [-0.2, -0.15) is 5.10 Å². The van der Waals surface area contributed by atoms with Crippen molar-refractivity contribution in [2.24, 2.45) is 5.92 Å². The molecule has 126 valence electrons. The van der Waals surface area contributed by atoms with E-state index < -0.39 is 0 Å². The maximum Gasteiger partial charge on any atom is 0.227 e. The number of aromatic nitrogens is 3. The first-order valence-electron chi connectivity index (χ1n) is 8.29. The SMILES string of the molecule is O=C(Nc1ccc(Oc2ccccc2)nc1)[C@H]1CCc2[nH]ncc2C1. The molecule has 6 nitrogen and oxygen atoms in total. The van der Waals surface area contributed by atoms with Crippen molar-refractivity contribution in [1.82, 2.24) is 15.2 Å². The fraction of sp³-hybridized carbons (Fsp3) is 0.211. The highest BCUT2D eigenvalue weighted by molar-refractivity contribution is 5.92. The predicted molar refractivity (Wildman–Crippen MR) is 93.5 cm³/mol. The zero-order valence-corrected chi connectivity index (χ0v) is 13.6. The number of carbonyl (C=O) groups is 1. The normalized spacial score (nSPS) is 16.1. The first kappa shape index (κ1) is 15.4. The van der Waals surface area contributed by atoms with E-state index in [4.69, 9.17) is 4.74 Å². The van der Waals surface area contributed by atoms with Crippen LogP contribution < -0.4 is 10.1 Å². The van der Waals surface area contributed by atoms with Crippen LogP contribution in [0.3, 0.4) is 0 Å². The molecule has 6 heteroatoms. The smallest absolute Gasteiger partial charge is 0.227 e. The quantitative estimate of drug-likeness (QED) is 0.767. The molecule has 4 rings (SSSR count).